The number of hydrogen-bond donors (Lipinski definition) is 1. The van der Waals surface area contributed by atoms with Crippen molar-refractivity contribution in [1.29, 1.82) is 0 Å². The summed E-state index contributed by atoms with van der Waals surface area (Å²) >= 11 is 1.22. The van der Waals surface area contributed by atoms with Gasteiger partial charge in [-0.25, -0.2) is 0 Å². The normalized spacial score (nSPS) is 14.1. The van der Waals surface area contributed by atoms with Crippen LogP contribution in [0.25, 0.3) is 11.0 Å². The van der Waals surface area contributed by atoms with Gasteiger partial charge in [-0.3, -0.25) is 9.52 Å². The van der Waals surface area contributed by atoms with E-state index in [-0.39, 0.29) is 11.7 Å². The van der Waals surface area contributed by atoms with Crippen molar-refractivity contribution in [3.63, 3.8) is 0 Å². The molecule has 4 rings (SSSR count). The Labute approximate surface area is 174 Å². The topological polar surface area (TPSA) is 63.9 Å². The lowest BCUT2D eigenvalue weighted by molar-refractivity contribution is 0.0431. The van der Waals surface area contributed by atoms with E-state index in [0.717, 1.165) is 41.4 Å². The van der Waals surface area contributed by atoms with E-state index in [9.17, 15) is 4.79 Å². The van der Waals surface area contributed by atoms with Crippen LogP contribution in [-0.2, 0) is 4.74 Å². The number of rotatable bonds is 8. The molecule has 7 heteroatoms. The Morgan fingerprint density at radius 3 is 2.79 bits per heavy atom. The number of benzene rings is 2. The molecule has 1 aliphatic rings. The van der Waals surface area contributed by atoms with Gasteiger partial charge in [0.2, 0.25) is 0 Å². The van der Waals surface area contributed by atoms with Crippen LogP contribution in [0.15, 0.2) is 57.8 Å². The van der Waals surface area contributed by atoms with Crippen molar-refractivity contribution in [1.82, 2.24) is 4.72 Å². The van der Waals surface area contributed by atoms with Crippen LogP contribution in [0.5, 0.6) is 5.75 Å². The lowest BCUT2D eigenvalue weighted by Gasteiger charge is -2.40. The first-order chi connectivity index (χ1) is 14.2. The van der Waals surface area contributed by atoms with Gasteiger partial charge in [0.15, 0.2) is 5.76 Å². The maximum Gasteiger partial charge on any atom is 0.297 e. The fourth-order valence-corrected chi connectivity index (χ4v) is 3.96. The Balaban J connectivity index is 1.42. The van der Waals surface area contributed by atoms with E-state index in [1.807, 2.05) is 50.2 Å². The molecule has 1 N–H and O–H groups in total. The Bertz CT molecular complexity index is 997. The van der Waals surface area contributed by atoms with Gasteiger partial charge in [-0.05, 0) is 56.1 Å². The minimum absolute atomic E-state index is 0.278. The van der Waals surface area contributed by atoms with Gasteiger partial charge >= 0.3 is 0 Å². The first-order valence-corrected chi connectivity index (χ1v) is 10.6. The molecule has 0 spiro atoms. The number of furan rings is 1. The van der Waals surface area contributed by atoms with Gasteiger partial charge in [0.25, 0.3) is 5.91 Å². The molecular formula is C22H24N2O4S. The molecule has 0 aliphatic carbocycles. The Kier molecular flexibility index (Phi) is 5.97. The van der Waals surface area contributed by atoms with Gasteiger partial charge in [-0.1, -0.05) is 12.1 Å². The molecule has 0 bridgehead atoms. The summed E-state index contributed by atoms with van der Waals surface area (Å²) < 4.78 is 19.8. The number of anilines is 1. The first kappa shape index (κ1) is 19.7. The highest BCUT2D eigenvalue weighted by atomic mass is 32.2. The van der Waals surface area contributed by atoms with Crippen molar-refractivity contribution in [2.75, 3.05) is 31.2 Å². The highest BCUT2D eigenvalue weighted by molar-refractivity contribution is 7.98. The second-order valence-electron chi connectivity index (χ2n) is 6.73. The number of hydrogen-bond acceptors (Lipinski definition) is 6. The number of fused-ring (bicyclic) bond motifs is 1. The van der Waals surface area contributed by atoms with Gasteiger partial charge in [-0.15, -0.1) is 0 Å². The van der Waals surface area contributed by atoms with Crippen LogP contribution in [0.2, 0.25) is 0 Å². The third-order valence-corrected chi connectivity index (χ3v) is 5.59. The molecular weight excluding hydrogens is 388 g/mol. The standard InChI is InChI=1S/C22H24N2O4S/c1-3-26-17-13-24(14-17)16-10-9-15-11-20(28-19(15)12-16)22(25)23-29-21-8-6-5-7-18(21)27-4-2/h5-12,17H,3-4,13-14H2,1-2H3,(H,23,25). The fourth-order valence-electron chi connectivity index (χ4n) is 3.28. The summed E-state index contributed by atoms with van der Waals surface area (Å²) in [6.45, 7) is 7.01. The van der Waals surface area contributed by atoms with E-state index in [4.69, 9.17) is 13.9 Å². The monoisotopic (exact) mass is 412 g/mol. The number of carbonyl (C=O) groups is 1. The molecule has 2 heterocycles. The van der Waals surface area contributed by atoms with Gasteiger partial charge in [-0.2, -0.15) is 0 Å². The molecule has 0 unspecified atom stereocenters. The Hall–Kier alpha value is -2.64. The van der Waals surface area contributed by atoms with Crippen molar-refractivity contribution < 1.29 is 18.7 Å². The number of carbonyl (C=O) groups excluding carboxylic acids is 1. The van der Waals surface area contributed by atoms with Crippen LogP contribution < -0.4 is 14.4 Å². The lowest BCUT2D eigenvalue weighted by Crippen LogP contribution is -2.52. The molecule has 0 radical (unpaired) electrons. The lowest BCUT2D eigenvalue weighted by atomic mass is 10.1. The second kappa shape index (κ2) is 8.80. The highest BCUT2D eigenvalue weighted by Crippen LogP contribution is 2.30. The summed E-state index contributed by atoms with van der Waals surface area (Å²) in [5.74, 6) is 0.753. The Morgan fingerprint density at radius 1 is 1.17 bits per heavy atom. The van der Waals surface area contributed by atoms with Crippen molar-refractivity contribution in [2.24, 2.45) is 0 Å². The summed E-state index contributed by atoms with van der Waals surface area (Å²) in [5, 5.41) is 0.903. The average Bonchev–Trinajstić information content (AvgIpc) is 3.13. The van der Waals surface area contributed by atoms with E-state index in [2.05, 4.69) is 15.7 Å². The number of ether oxygens (including phenoxy) is 2. The molecule has 29 heavy (non-hydrogen) atoms. The summed E-state index contributed by atoms with van der Waals surface area (Å²) in [4.78, 5) is 15.7. The van der Waals surface area contributed by atoms with Crippen molar-refractivity contribution in [3.05, 3.63) is 54.3 Å². The molecule has 3 aromatic rings. The van der Waals surface area contributed by atoms with E-state index in [1.54, 1.807) is 6.07 Å². The zero-order valence-corrected chi connectivity index (χ0v) is 17.3. The van der Waals surface area contributed by atoms with E-state index < -0.39 is 0 Å². The maximum atomic E-state index is 12.6. The minimum Gasteiger partial charge on any atom is -0.493 e. The second-order valence-corrected chi connectivity index (χ2v) is 7.58. The van der Waals surface area contributed by atoms with Crippen molar-refractivity contribution in [3.8, 4) is 5.75 Å². The van der Waals surface area contributed by atoms with Crippen molar-refractivity contribution in [2.45, 2.75) is 24.8 Å². The third-order valence-electron chi connectivity index (χ3n) is 4.75. The Morgan fingerprint density at radius 2 is 2.00 bits per heavy atom. The van der Waals surface area contributed by atoms with E-state index in [1.165, 1.54) is 11.9 Å². The molecule has 2 aromatic carbocycles. The minimum atomic E-state index is -0.278. The molecule has 1 saturated heterocycles. The van der Waals surface area contributed by atoms with Crippen LogP contribution in [-0.4, -0.2) is 38.3 Å². The number of nitrogens with one attached hydrogen (secondary N) is 1. The zero-order valence-electron chi connectivity index (χ0n) is 16.5. The van der Waals surface area contributed by atoms with Crippen LogP contribution in [0.1, 0.15) is 24.4 Å². The highest BCUT2D eigenvalue weighted by Gasteiger charge is 2.27. The van der Waals surface area contributed by atoms with Gasteiger partial charge < -0.3 is 18.8 Å². The maximum absolute atomic E-state index is 12.6. The predicted molar refractivity (Wildman–Crippen MR) is 115 cm³/mol. The van der Waals surface area contributed by atoms with Gasteiger partial charge in [0.1, 0.15) is 11.3 Å². The van der Waals surface area contributed by atoms with E-state index in [0.29, 0.717) is 18.3 Å². The summed E-state index contributed by atoms with van der Waals surface area (Å²) in [7, 11) is 0. The number of nitrogens with zero attached hydrogens (tertiary/aromatic N) is 1. The smallest absolute Gasteiger partial charge is 0.297 e. The fraction of sp³-hybridized carbons (Fsp3) is 0.318. The largest absolute Gasteiger partial charge is 0.493 e. The predicted octanol–water partition coefficient (Wildman–Crippen LogP) is 4.49. The van der Waals surface area contributed by atoms with Crippen LogP contribution in [0.4, 0.5) is 5.69 Å². The molecule has 0 atom stereocenters. The van der Waals surface area contributed by atoms with Gasteiger partial charge in [0.05, 0.1) is 17.6 Å². The van der Waals surface area contributed by atoms with Crippen molar-refractivity contribution >= 4 is 34.5 Å². The number of para-hydroxylation sites is 1. The molecule has 1 aliphatic heterocycles. The molecule has 1 fully saturated rings. The molecule has 1 amide bonds. The van der Waals surface area contributed by atoms with Crippen LogP contribution in [0, 0.1) is 0 Å². The quantitative estimate of drug-likeness (QED) is 0.550. The molecule has 152 valence electrons. The first-order valence-electron chi connectivity index (χ1n) is 9.77. The zero-order chi connectivity index (χ0) is 20.2. The molecule has 0 saturated carbocycles. The summed E-state index contributed by atoms with van der Waals surface area (Å²) in [6, 6.07) is 15.4. The number of amides is 1. The summed E-state index contributed by atoms with van der Waals surface area (Å²) in [5.41, 5.74) is 1.78. The third kappa shape index (κ3) is 4.36. The molecule has 1 aromatic heterocycles. The average molecular weight is 413 g/mol. The summed E-state index contributed by atoms with van der Waals surface area (Å²) in [6.07, 6.45) is 0.297. The van der Waals surface area contributed by atoms with Crippen LogP contribution >= 0.6 is 11.9 Å². The SMILES string of the molecule is CCOc1ccccc1SNC(=O)c1cc2ccc(N3CC(OCC)C3)cc2o1. The van der Waals surface area contributed by atoms with E-state index >= 15 is 0 Å². The van der Waals surface area contributed by atoms with Crippen LogP contribution in [0.3, 0.4) is 0 Å². The molecule has 6 nitrogen and oxygen atoms in total. The van der Waals surface area contributed by atoms with Gasteiger partial charge in [0, 0.05) is 36.8 Å².